The number of methoxy groups -OCH3 is 1. The van der Waals surface area contributed by atoms with Gasteiger partial charge in [-0.25, -0.2) is 5.43 Å². The van der Waals surface area contributed by atoms with Gasteiger partial charge in [-0.2, -0.15) is 5.10 Å². The van der Waals surface area contributed by atoms with Gasteiger partial charge < -0.3 is 19.1 Å². The summed E-state index contributed by atoms with van der Waals surface area (Å²) >= 11 is 3.43. The van der Waals surface area contributed by atoms with Crippen LogP contribution in [-0.4, -0.2) is 62.9 Å². The number of hydrogen-bond donors (Lipinski definition) is 1. The summed E-state index contributed by atoms with van der Waals surface area (Å²) in [7, 11) is 1.57. The third-order valence-corrected chi connectivity index (χ3v) is 5.02. The summed E-state index contributed by atoms with van der Waals surface area (Å²) < 4.78 is 16.6. The fourth-order valence-corrected chi connectivity index (χ4v) is 3.24. The zero-order chi connectivity index (χ0) is 21.3. The van der Waals surface area contributed by atoms with E-state index in [-0.39, 0.29) is 18.4 Å². The van der Waals surface area contributed by atoms with Crippen molar-refractivity contribution in [2.75, 3.05) is 40.0 Å². The van der Waals surface area contributed by atoms with Gasteiger partial charge in [0.05, 0.1) is 31.0 Å². The average Bonchev–Trinajstić information content (AvgIpc) is 2.79. The monoisotopic (exact) mass is 475 g/mol. The topological polar surface area (TPSA) is 89.5 Å². The quantitative estimate of drug-likeness (QED) is 0.490. The predicted octanol–water partition coefficient (Wildman–Crippen LogP) is 2.46. The Morgan fingerprint density at radius 1 is 1.20 bits per heavy atom. The molecular weight excluding hydrogens is 454 g/mol. The Hall–Kier alpha value is -2.91. The summed E-state index contributed by atoms with van der Waals surface area (Å²) in [6, 6.07) is 12.0. The summed E-state index contributed by atoms with van der Waals surface area (Å²) in [5.41, 5.74) is 3.71. The minimum absolute atomic E-state index is 0.0377. The van der Waals surface area contributed by atoms with Gasteiger partial charge in [0.25, 0.3) is 11.8 Å². The van der Waals surface area contributed by atoms with Gasteiger partial charge in [-0.05, 0) is 64.0 Å². The van der Waals surface area contributed by atoms with Crippen LogP contribution in [0.4, 0.5) is 0 Å². The van der Waals surface area contributed by atoms with Crippen molar-refractivity contribution >= 4 is 34.0 Å². The van der Waals surface area contributed by atoms with Gasteiger partial charge in [-0.15, -0.1) is 0 Å². The number of morpholine rings is 1. The van der Waals surface area contributed by atoms with Crippen molar-refractivity contribution in [2.24, 2.45) is 5.10 Å². The van der Waals surface area contributed by atoms with Crippen molar-refractivity contribution < 1.29 is 23.8 Å². The van der Waals surface area contributed by atoms with Crippen LogP contribution in [0.3, 0.4) is 0 Å². The minimum atomic E-state index is -0.324. The Kier molecular flexibility index (Phi) is 7.81. The van der Waals surface area contributed by atoms with Crippen molar-refractivity contribution in [1.82, 2.24) is 10.3 Å². The van der Waals surface area contributed by atoms with E-state index in [1.165, 1.54) is 6.21 Å². The number of nitrogens with one attached hydrogen (secondary N) is 1. The Labute approximate surface area is 182 Å². The molecular formula is C21H22BrN3O5. The molecule has 0 unspecified atom stereocenters. The molecule has 1 aliphatic heterocycles. The van der Waals surface area contributed by atoms with Gasteiger partial charge in [0.15, 0.2) is 6.61 Å². The van der Waals surface area contributed by atoms with E-state index in [4.69, 9.17) is 14.2 Å². The molecule has 158 valence electrons. The summed E-state index contributed by atoms with van der Waals surface area (Å²) in [6.07, 6.45) is 1.52. The molecule has 0 saturated carbocycles. The highest BCUT2D eigenvalue weighted by Gasteiger charge is 2.17. The van der Waals surface area contributed by atoms with Crippen molar-refractivity contribution in [3.05, 3.63) is 58.1 Å². The first kappa shape index (κ1) is 21.8. The van der Waals surface area contributed by atoms with Crippen LogP contribution in [0.1, 0.15) is 15.9 Å². The molecule has 8 nitrogen and oxygen atoms in total. The SMILES string of the molecule is COc1ccc(C(=O)NN=Cc2ccc(OCC(=O)N3CCOCC3)c(Br)c2)cc1. The average molecular weight is 476 g/mol. The number of hydrazone groups is 1. The van der Waals surface area contributed by atoms with E-state index in [0.717, 1.165) is 5.56 Å². The highest BCUT2D eigenvalue weighted by atomic mass is 79.9. The second-order valence-corrected chi connectivity index (χ2v) is 7.25. The molecule has 30 heavy (non-hydrogen) atoms. The number of ether oxygens (including phenoxy) is 3. The van der Waals surface area contributed by atoms with Crippen molar-refractivity contribution in [3.8, 4) is 11.5 Å². The third kappa shape index (κ3) is 6.04. The highest BCUT2D eigenvalue weighted by Crippen LogP contribution is 2.25. The molecule has 1 aliphatic rings. The number of amides is 2. The van der Waals surface area contributed by atoms with Crippen LogP contribution in [-0.2, 0) is 9.53 Å². The summed E-state index contributed by atoms with van der Waals surface area (Å²) in [5, 5.41) is 3.98. The van der Waals surface area contributed by atoms with Gasteiger partial charge >= 0.3 is 0 Å². The molecule has 0 bridgehead atoms. The molecule has 2 aromatic carbocycles. The van der Waals surface area contributed by atoms with Gasteiger partial charge in [-0.1, -0.05) is 0 Å². The second-order valence-electron chi connectivity index (χ2n) is 6.40. The van der Waals surface area contributed by atoms with E-state index in [2.05, 4.69) is 26.5 Å². The fourth-order valence-electron chi connectivity index (χ4n) is 2.73. The van der Waals surface area contributed by atoms with E-state index in [1.807, 2.05) is 0 Å². The number of benzene rings is 2. The first-order chi connectivity index (χ1) is 14.6. The first-order valence-corrected chi connectivity index (χ1v) is 10.1. The third-order valence-electron chi connectivity index (χ3n) is 4.40. The Balaban J connectivity index is 1.51. The van der Waals surface area contributed by atoms with E-state index < -0.39 is 0 Å². The van der Waals surface area contributed by atoms with E-state index in [0.29, 0.717) is 47.8 Å². The van der Waals surface area contributed by atoms with Crippen LogP contribution >= 0.6 is 15.9 Å². The van der Waals surface area contributed by atoms with Gasteiger partial charge in [0.1, 0.15) is 11.5 Å². The maximum absolute atomic E-state index is 12.2. The van der Waals surface area contributed by atoms with E-state index >= 15 is 0 Å². The van der Waals surface area contributed by atoms with Gasteiger partial charge in [-0.3, -0.25) is 9.59 Å². The standard InChI is InChI=1S/C21H22BrN3O5/c1-28-17-5-3-16(4-6-17)21(27)24-23-13-15-2-7-19(18(22)12-15)30-14-20(26)25-8-10-29-11-9-25/h2-7,12-13H,8-11,14H2,1H3,(H,24,27). The number of carbonyl (C=O) groups is 2. The normalized spacial score (nSPS) is 13.9. The molecule has 1 saturated heterocycles. The Morgan fingerprint density at radius 2 is 1.93 bits per heavy atom. The molecule has 0 atom stereocenters. The Bertz CT molecular complexity index is 911. The Morgan fingerprint density at radius 3 is 2.60 bits per heavy atom. The van der Waals surface area contributed by atoms with Crippen LogP contribution in [0.5, 0.6) is 11.5 Å². The summed E-state index contributed by atoms with van der Waals surface area (Å²) in [5.74, 6) is 0.830. The maximum Gasteiger partial charge on any atom is 0.271 e. The lowest BCUT2D eigenvalue weighted by Gasteiger charge is -2.26. The molecule has 0 spiro atoms. The number of carbonyl (C=O) groups excluding carboxylic acids is 2. The highest BCUT2D eigenvalue weighted by molar-refractivity contribution is 9.10. The van der Waals surface area contributed by atoms with Crippen molar-refractivity contribution in [3.63, 3.8) is 0 Å². The van der Waals surface area contributed by atoms with Crippen molar-refractivity contribution in [2.45, 2.75) is 0 Å². The fraction of sp³-hybridized carbons (Fsp3) is 0.286. The lowest BCUT2D eigenvalue weighted by molar-refractivity contribution is -0.137. The molecule has 1 fully saturated rings. The second kappa shape index (κ2) is 10.7. The zero-order valence-electron chi connectivity index (χ0n) is 16.5. The number of nitrogens with zero attached hydrogens (tertiary/aromatic N) is 2. The molecule has 9 heteroatoms. The van der Waals surface area contributed by atoms with Crippen LogP contribution < -0.4 is 14.9 Å². The van der Waals surface area contributed by atoms with Crippen LogP contribution in [0.15, 0.2) is 52.0 Å². The molecule has 0 radical (unpaired) electrons. The van der Waals surface area contributed by atoms with E-state index in [9.17, 15) is 9.59 Å². The lowest BCUT2D eigenvalue weighted by Crippen LogP contribution is -2.43. The van der Waals surface area contributed by atoms with Crippen LogP contribution in [0, 0.1) is 0 Å². The smallest absolute Gasteiger partial charge is 0.271 e. The summed E-state index contributed by atoms with van der Waals surface area (Å²) in [4.78, 5) is 26.0. The van der Waals surface area contributed by atoms with Crippen LogP contribution in [0.25, 0.3) is 0 Å². The molecule has 3 rings (SSSR count). The molecule has 2 aromatic rings. The maximum atomic E-state index is 12.2. The van der Waals surface area contributed by atoms with E-state index in [1.54, 1.807) is 54.5 Å². The summed E-state index contributed by atoms with van der Waals surface area (Å²) in [6.45, 7) is 2.24. The van der Waals surface area contributed by atoms with Crippen LogP contribution in [0.2, 0.25) is 0 Å². The lowest BCUT2D eigenvalue weighted by atomic mass is 10.2. The van der Waals surface area contributed by atoms with Crippen molar-refractivity contribution in [1.29, 1.82) is 0 Å². The number of hydrogen-bond acceptors (Lipinski definition) is 6. The predicted molar refractivity (Wildman–Crippen MR) is 115 cm³/mol. The molecule has 0 aliphatic carbocycles. The number of rotatable bonds is 7. The molecule has 2 amide bonds. The first-order valence-electron chi connectivity index (χ1n) is 9.32. The largest absolute Gasteiger partial charge is 0.497 e. The number of halogens is 1. The molecule has 1 heterocycles. The molecule has 1 N–H and O–H groups in total. The minimum Gasteiger partial charge on any atom is -0.497 e. The zero-order valence-corrected chi connectivity index (χ0v) is 18.1. The van der Waals surface area contributed by atoms with Gasteiger partial charge in [0.2, 0.25) is 0 Å². The van der Waals surface area contributed by atoms with Gasteiger partial charge in [0, 0.05) is 18.7 Å². The molecule has 0 aromatic heterocycles.